The molecule has 0 N–H and O–H groups in total. The van der Waals surface area contributed by atoms with Gasteiger partial charge in [0.1, 0.15) is 11.4 Å². The van der Waals surface area contributed by atoms with Crippen LogP contribution in [0.3, 0.4) is 0 Å². The Morgan fingerprint density at radius 1 is 1.50 bits per heavy atom. The average Bonchev–Trinajstić information content (AvgIpc) is 2.64. The second-order valence-electron chi connectivity index (χ2n) is 2.94. The smallest absolute Gasteiger partial charge is 0.160 e. The molecular formula is C9H8Cl2N2O. The molecule has 74 valence electrons. The lowest BCUT2D eigenvalue weighted by atomic mass is 10.3. The van der Waals surface area contributed by atoms with Crippen molar-refractivity contribution in [1.29, 1.82) is 0 Å². The number of nitrogens with zero attached hydrogens (tertiary/aromatic N) is 2. The Bertz CT molecular complexity index is 368. The van der Waals surface area contributed by atoms with Crippen LogP contribution >= 0.6 is 23.2 Å². The maximum absolute atomic E-state index is 5.84. The quantitative estimate of drug-likeness (QED) is 0.731. The molecule has 1 aliphatic rings. The third-order valence-electron chi connectivity index (χ3n) is 1.85. The minimum absolute atomic E-state index is 0.337. The number of hydrogen-bond acceptors (Lipinski definition) is 3. The van der Waals surface area contributed by atoms with Gasteiger partial charge in [0, 0.05) is 18.9 Å². The standard InChI is InChI=1S/C9H8Cl2N2O/c10-8-3-7(4-12-9(8)11)5-13-1-2-14-6-13/h1-4H,5-6H2. The SMILES string of the molecule is Clc1cc(CN2C=COC2)cnc1Cl. The third kappa shape index (κ3) is 2.11. The number of pyridine rings is 1. The summed E-state index contributed by atoms with van der Waals surface area (Å²) in [5.41, 5.74) is 1.01. The Hall–Kier alpha value is -0.930. The molecule has 0 saturated carbocycles. The molecule has 1 aromatic rings. The first-order chi connectivity index (χ1) is 6.75. The van der Waals surface area contributed by atoms with Crippen LogP contribution in [0.4, 0.5) is 0 Å². The van der Waals surface area contributed by atoms with Gasteiger partial charge in [-0.05, 0) is 11.6 Å². The first kappa shape index (κ1) is 9.62. The molecule has 3 nitrogen and oxygen atoms in total. The molecule has 1 aliphatic heterocycles. The lowest BCUT2D eigenvalue weighted by Crippen LogP contribution is -2.14. The van der Waals surface area contributed by atoms with E-state index in [1.54, 1.807) is 12.5 Å². The number of aromatic nitrogens is 1. The fourth-order valence-corrected chi connectivity index (χ4v) is 1.48. The maximum atomic E-state index is 5.84. The fourth-order valence-electron chi connectivity index (χ4n) is 1.19. The van der Waals surface area contributed by atoms with E-state index in [-0.39, 0.29) is 0 Å². The normalized spacial score (nSPS) is 14.6. The van der Waals surface area contributed by atoms with Gasteiger partial charge in [0.15, 0.2) is 6.73 Å². The van der Waals surface area contributed by atoms with Crippen LogP contribution in [0.15, 0.2) is 24.7 Å². The second-order valence-corrected chi connectivity index (χ2v) is 3.71. The summed E-state index contributed by atoms with van der Waals surface area (Å²) in [6.45, 7) is 1.29. The summed E-state index contributed by atoms with van der Waals surface area (Å²) in [6, 6.07) is 1.81. The van der Waals surface area contributed by atoms with E-state index in [1.807, 2.05) is 17.2 Å². The molecule has 0 fully saturated rings. The van der Waals surface area contributed by atoms with Crippen LogP contribution in [-0.2, 0) is 11.3 Å². The van der Waals surface area contributed by atoms with Gasteiger partial charge in [-0.2, -0.15) is 0 Å². The Balaban J connectivity index is 2.09. The topological polar surface area (TPSA) is 25.4 Å². The molecule has 0 bridgehead atoms. The third-order valence-corrected chi connectivity index (χ3v) is 2.53. The van der Waals surface area contributed by atoms with E-state index >= 15 is 0 Å². The van der Waals surface area contributed by atoms with Gasteiger partial charge in [-0.15, -0.1) is 0 Å². The lowest BCUT2D eigenvalue weighted by molar-refractivity contribution is 0.167. The van der Waals surface area contributed by atoms with Crippen LogP contribution in [-0.4, -0.2) is 16.6 Å². The zero-order valence-corrected chi connectivity index (χ0v) is 8.79. The van der Waals surface area contributed by atoms with Gasteiger partial charge in [-0.3, -0.25) is 0 Å². The average molecular weight is 231 g/mol. The number of halogens is 2. The van der Waals surface area contributed by atoms with Crippen LogP contribution < -0.4 is 0 Å². The predicted octanol–water partition coefficient (Wildman–Crippen LogP) is 2.65. The zero-order chi connectivity index (χ0) is 9.97. The van der Waals surface area contributed by atoms with Crippen LogP contribution in [0.25, 0.3) is 0 Å². The molecule has 0 saturated heterocycles. The molecule has 5 heteroatoms. The molecule has 1 aromatic heterocycles. The van der Waals surface area contributed by atoms with Crippen molar-refractivity contribution < 1.29 is 4.74 Å². The van der Waals surface area contributed by atoms with Crippen molar-refractivity contribution in [2.75, 3.05) is 6.73 Å². The van der Waals surface area contributed by atoms with Gasteiger partial charge in [0.05, 0.1) is 5.02 Å². The van der Waals surface area contributed by atoms with Gasteiger partial charge in [0.2, 0.25) is 0 Å². The Labute approximate surface area is 91.9 Å². The summed E-state index contributed by atoms with van der Waals surface area (Å²) < 4.78 is 5.05. The lowest BCUT2D eigenvalue weighted by Gasteiger charge is -2.13. The molecular weight excluding hydrogens is 223 g/mol. The van der Waals surface area contributed by atoms with Crippen molar-refractivity contribution >= 4 is 23.2 Å². The second kappa shape index (κ2) is 4.07. The van der Waals surface area contributed by atoms with Gasteiger partial charge < -0.3 is 9.64 Å². The summed E-state index contributed by atoms with van der Waals surface area (Å²) in [7, 11) is 0. The Kier molecular flexibility index (Phi) is 2.79. The minimum Gasteiger partial charge on any atom is -0.479 e. The Morgan fingerprint density at radius 2 is 2.36 bits per heavy atom. The monoisotopic (exact) mass is 230 g/mol. The van der Waals surface area contributed by atoms with Crippen LogP contribution in [0.2, 0.25) is 10.2 Å². The number of rotatable bonds is 2. The summed E-state index contributed by atoms with van der Waals surface area (Å²) in [5, 5.41) is 0.817. The summed E-state index contributed by atoms with van der Waals surface area (Å²) >= 11 is 11.5. The van der Waals surface area contributed by atoms with Gasteiger partial charge >= 0.3 is 0 Å². The maximum Gasteiger partial charge on any atom is 0.160 e. The van der Waals surface area contributed by atoms with E-state index in [2.05, 4.69) is 4.98 Å². The molecule has 0 aliphatic carbocycles. The first-order valence-corrected chi connectivity index (χ1v) is 4.83. The van der Waals surface area contributed by atoms with Crippen molar-refractivity contribution in [2.24, 2.45) is 0 Å². The molecule has 0 atom stereocenters. The summed E-state index contributed by atoms with van der Waals surface area (Å²) in [5.74, 6) is 0. The van der Waals surface area contributed by atoms with E-state index in [0.717, 1.165) is 12.1 Å². The van der Waals surface area contributed by atoms with Crippen molar-refractivity contribution in [3.05, 3.63) is 40.5 Å². The number of ether oxygens (including phenoxy) is 1. The molecule has 2 heterocycles. The van der Waals surface area contributed by atoms with Crippen molar-refractivity contribution in [3.63, 3.8) is 0 Å². The summed E-state index contributed by atoms with van der Waals surface area (Å²) in [6.07, 6.45) is 5.24. The van der Waals surface area contributed by atoms with Crippen LogP contribution in [0.1, 0.15) is 5.56 Å². The summed E-state index contributed by atoms with van der Waals surface area (Å²) in [4.78, 5) is 5.96. The van der Waals surface area contributed by atoms with E-state index in [4.69, 9.17) is 27.9 Å². The van der Waals surface area contributed by atoms with Crippen LogP contribution in [0, 0.1) is 0 Å². The fraction of sp³-hybridized carbons (Fsp3) is 0.222. The van der Waals surface area contributed by atoms with Crippen molar-refractivity contribution in [1.82, 2.24) is 9.88 Å². The molecule has 14 heavy (non-hydrogen) atoms. The van der Waals surface area contributed by atoms with Gasteiger partial charge in [-0.1, -0.05) is 23.2 Å². The highest BCUT2D eigenvalue weighted by atomic mass is 35.5. The molecule has 2 rings (SSSR count). The highest BCUT2D eigenvalue weighted by Gasteiger charge is 2.07. The highest BCUT2D eigenvalue weighted by Crippen LogP contribution is 2.20. The van der Waals surface area contributed by atoms with Crippen molar-refractivity contribution in [3.8, 4) is 0 Å². The molecule has 0 amide bonds. The van der Waals surface area contributed by atoms with Crippen LogP contribution in [0.5, 0.6) is 0 Å². The van der Waals surface area contributed by atoms with E-state index < -0.39 is 0 Å². The predicted molar refractivity (Wildman–Crippen MR) is 54.9 cm³/mol. The van der Waals surface area contributed by atoms with Gasteiger partial charge in [-0.25, -0.2) is 4.98 Å². The molecule has 0 aromatic carbocycles. The molecule has 0 unspecified atom stereocenters. The number of hydrogen-bond donors (Lipinski definition) is 0. The van der Waals surface area contributed by atoms with E-state index in [0.29, 0.717) is 16.9 Å². The minimum atomic E-state index is 0.337. The highest BCUT2D eigenvalue weighted by molar-refractivity contribution is 6.41. The van der Waals surface area contributed by atoms with E-state index in [1.165, 1.54) is 0 Å². The Morgan fingerprint density at radius 3 is 3.00 bits per heavy atom. The largest absolute Gasteiger partial charge is 0.479 e. The first-order valence-electron chi connectivity index (χ1n) is 4.08. The van der Waals surface area contributed by atoms with Crippen molar-refractivity contribution in [2.45, 2.75) is 6.54 Å². The molecule has 0 spiro atoms. The molecule has 0 radical (unpaired) electrons. The van der Waals surface area contributed by atoms with E-state index in [9.17, 15) is 0 Å². The zero-order valence-electron chi connectivity index (χ0n) is 7.28. The van der Waals surface area contributed by atoms with Gasteiger partial charge in [0.25, 0.3) is 0 Å².